The molecular weight excluding hydrogens is 560 g/mol. The molecular formula is C30H27ClN6O5. The zero-order valence-corrected chi connectivity index (χ0v) is 23.4. The summed E-state index contributed by atoms with van der Waals surface area (Å²) in [5.74, 6) is -0.311. The van der Waals surface area contributed by atoms with Crippen molar-refractivity contribution in [3.05, 3.63) is 90.5 Å². The molecule has 1 saturated heterocycles. The Bertz CT molecular complexity index is 1650. The average molecular weight is 587 g/mol. The van der Waals surface area contributed by atoms with Gasteiger partial charge in [0.2, 0.25) is 11.8 Å². The van der Waals surface area contributed by atoms with Gasteiger partial charge in [0.1, 0.15) is 36.6 Å². The second kappa shape index (κ2) is 12.6. The Hall–Kier alpha value is -5.03. The number of hydrogen-bond acceptors (Lipinski definition) is 9. The van der Waals surface area contributed by atoms with Crippen LogP contribution in [0.3, 0.4) is 0 Å². The molecule has 42 heavy (non-hydrogen) atoms. The molecule has 0 saturated carbocycles. The van der Waals surface area contributed by atoms with Gasteiger partial charge in [-0.05, 0) is 54.6 Å². The standard InChI is InChI=1S/C30H27ClN6O5/c1-3-28(39)37-15-22(42-18(2)38)14-26(37)30(40)36-19-7-9-25-23(12-19)29(34-17-33-25)35-20-8-10-27(24(31)13-20)41-16-21-6-4-5-11-32-21/h3-13,17,22,26H,1,14-16H2,2H3,(H,36,40)(H,33,34,35)/t22-,26+/m1/s1. The number of benzene rings is 2. The first-order chi connectivity index (χ1) is 20.3. The molecule has 2 aromatic heterocycles. The highest BCUT2D eigenvalue weighted by molar-refractivity contribution is 6.32. The monoisotopic (exact) mass is 586 g/mol. The van der Waals surface area contributed by atoms with E-state index < -0.39 is 29.9 Å². The Labute approximate surface area is 246 Å². The molecule has 2 N–H and O–H groups in total. The molecule has 3 heterocycles. The van der Waals surface area contributed by atoms with Crippen molar-refractivity contribution in [2.24, 2.45) is 0 Å². The summed E-state index contributed by atoms with van der Waals surface area (Å²) in [6.45, 7) is 5.19. The first-order valence-electron chi connectivity index (χ1n) is 13.1. The lowest BCUT2D eigenvalue weighted by atomic mass is 10.1. The molecule has 1 aliphatic rings. The number of nitrogens with zero attached hydrogens (tertiary/aromatic N) is 4. The van der Waals surface area contributed by atoms with Gasteiger partial charge in [0.05, 0.1) is 22.8 Å². The van der Waals surface area contributed by atoms with Crippen molar-refractivity contribution in [3.63, 3.8) is 0 Å². The van der Waals surface area contributed by atoms with Crippen LogP contribution < -0.4 is 15.4 Å². The van der Waals surface area contributed by atoms with Crippen LogP contribution in [0.2, 0.25) is 5.02 Å². The maximum atomic E-state index is 13.2. The van der Waals surface area contributed by atoms with E-state index in [2.05, 4.69) is 32.2 Å². The number of nitrogens with one attached hydrogen (secondary N) is 2. The van der Waals surface area contributed by atoms with Gasteiger partial charge < -0.3 is 25.0 Å². The molecule has 4 aromatic rings. The normalized spacial score (nSPS) is 16.1. The van der Waals surface area contributed by atoms with Gasteiger partial charge in [0, 0.05) is 36.3 Å². The van der Waals surface area contributed by atoms with E-state index >= 15 is 0 Å². The number of carbonyl (C=O) groups is 3. The molecule has 0 bridgehead atoms. The number of pyridine rings is 1. The van der Waals surface area contributed by atoms with Crippen LogP contribution in [0.5, 0.6) is 5.75 Å². The van der Waals surface area contributed by atoms with Crippen molar-refractivity contribution in [2.45, 2.75) is 32.1 Å². The Balaban J connectivity index is 1.31. The number of fused-ring (bicyclic) bond motifs is 1. The first-order valence-corrected chi connectivity index (χ1v) is 13.4. The highest BCUT2D eigenvalue weighted by atomic mass is 35.5. The maximum Gasteiger partial charge on any atom is 0.302 e. The number of rotatable bonds is 9. The van der Waals surface area contributed by atoms with Gasteiger partial charge in [-0.3, -0.25) is 19.4 Å². The van der Waals surface area contributed by atoms with Crippen LogP contribution in [0.1, 0.15) is 19.0 Å². The third kappa shape index (κ3) is 6.64. The van der Waals surface area contributed by atoms with Crippen LogP contribution in [0.4, 0.5) is 17.2 Å². The molecule has 2 aromatic carbocycles. The minimum absolute atomic E-state index is 0.109. The Kier molecular flexibility index (Phi) is 8.58. The van der Waals surface area contributed by atoms with E-state index in [1.807, 2.05) is 24.3 Å². The number of likely N-dealkylation sites (tertiary alicyclic amines) is 1. The number of amides is 2. The smallest absolute Gasteiger partial charge is 0.302 e. The van der Waals surface area contributed by atoms with Gasteiger partial charge in [-0.25, -0.2) is 9.97 Å². The van der Waals surface area contributed by atoms with E-state index in [0.29, 0.717) is 38.9 Å². The number of ether oxygens (including phenoxy) is 2. The lowest BCUT2D eigenvalue weighted by molar-refractivity contribution is -0.146. The number of carbonyl (C=O) groups excluding carboxylic acids is 3. The lowest BCUT2D eigenvalue weighted by Crippen LogP contribution is -2.42. The fourth-order valence-electron chi connectivity index (χ4n) is 4.65. The van der Waals surface area contributed by atoms with Crippen LogP contribution in [-0.2, 0) is 25.7 Å². The zero-order chi connectivity index (χ0) is 29.6. The third-order valence-corrected chi connectivity index (χ3v) is 6.85. The predicted molar refractivity (Wildman–Crippen MR) is 157 cm³/mol. The van der Waals surface area contributed by atoms with Crippen LogP contribution in [-0.4, -0.2) is 56.3 Å². The molecule has 1 fully saturated rings. The number of esters is 1. The largest absolute Gasteiger partial charge is 0.486 e. The SMILES string of the molecule is C=CC(=O)N1C[C@H](OC(C)=O)C[C@H]1C(=O)Nc1ccc2ncnc(Nc3ccc(OCc4ccccn4)c(Cl)c3)c2c1. The summed E-state index contributed by atoms with van der Waals surface area (Å²) in [6, 6.07) is 15.2. The van der Waals surface area contributed by atoms with Crippen LogP contribution in [0, 0.1) is 0 Å². The Morgan fingerprint density at radius 2 is 1.93 bits per heavy atom. The second-order valence-corrected chi connectivity index (χ2v) is 9.91. The van der Waals surface area contributed by atoms with Crippen LogP contribution in [0.25, 0.3) is 10.9 Å². The number of halogens is 1. The van der Waals surface area contributed by atoms with Gasteiger partial charge in [0.15, 0.2) is 0 Å². The molecule has 1 aliphatic heterocycles. The molecule has 0 spiro atoms. The lowest BCUT2D eigenvalue weighted by Gasteiger charge is -2.22. The summed E-state index contributed by atoms with van der Waals surface area (Å²) < 4.78 is 11.1. The van der Waals surface area contributed by atoms with Gasteiger partial charge in [-0.2, -0.15) is 0 Å². The predicted octanol–water partition coefficient (Wildman–Crippen LogP) is 4.66. The summed E-state index contributed by atoms with van der Waals surface area (Å²) in [5, 5.41) is 7.16. The van der Waals surface area contributed by atoms with Crippen molar-refractivity contribution in [1.29, 1.82) is 0 Å². The molecule has 0 aliphatic carbocycles. The highest BCUT2D eigenvalue weighted by Gasteiger charge is 2.40. The summed E-state index contributed by atoms with van der Waals surface area (Å²) in [4.78, 5) is 51.4. The van der Waals surface area contributed by atoms with Crippen molar-refractivity contribution >= 4 is 57.5 Å². The van der Waals surface area contributed by atoms with E-state index in [9.17, 15) is 14.4 Å². The Morgan fingerprint density at radius 3 is 2.67 bits per heavy atom. The van der Waals surface area contributed by atoms with E-state index in [-0.39, 0.29) is 19.6 Å². The van der Waals surface area contributed by atoms with E-state index in [1.54, 1.807) is 36.5 Å². The summed E-state index contributed by atoms with van der Waals surface area (Å²) in [5.41, 5.74) is 2.57. The summed E-state index contributed by atoms with van der Waals surface area (Å²) in [7, 11) is 0. The molecule has 2 atom stereocenters. The van der Waals surface area contributed by atoms with Crippen LogP contribution >= 0.6 is 11.6 Å². The topological polar surface area (TPSA) is 136 Å². The molecule has 11 nitrogen and oxygen atoms in total. The molecule has 0 radical (unpaired) electrons. The van der Waals surface area contributed by atoms with Gasteiger partial charge >= 0.3 is 5.97 Å². The molecule has 214 valence electrons. The van der Waals surface area contributed by atoms with Crippen molar-refractivity contribution in [2.75, 3.05) is 17.2 Å². The van der Waals surface area contributed by atoms with Gasteiger partial charge in [0.25, 0.3) is 0 Å². The van der Waals surface area contributed by atoms with E-state index in [0.717, 1.165) is 11.8 Å². The molecule has 12 heteroatoms. The minimum Gasteiger partial charge on any atom is -0.486 e. The number of hydrogen-bond donors (Lipinski definition) is 2. The van der Waals surface area contributed by atoms with Crippen molar-refractivity contribution < 1.29 is 23.9 Å². The molecule has 5 rings (SSSR count). The van der Waals surface area contributed by atoms with E-state index in [4.69, 9.17) is 21.1 Å². The average Bonchev–Trinajstić information content (AvgIpc) is 3.40. The summed E-state index contributed by atoms with van der Waals surface area (Å²) >= 11 is 6.48. The third-order valence-electron chi connectivity index (χ3n) is 6.55. The van der Waals surface area contributed by atoms with E-state index in [1.165, 1.54) is 18.2 Å². The summed E-state index contributed by atoms with van der Waals surface area (Å²) in [6.07, 6.45) is 3.86. The fraction of sp³-hybridized carbons (Fsp3) is 0.200. The van der Waals surface area contributed by atoms with Crippen LogP contribution in [0.15, 0.2) is 79.8 Å². The van der Waals surface area contributed by atoms with Gasteiger partial charge in [-0.1, -0.05) is 24.2 Å². The number of anilines is 3. The maximum absolute atomic E-state index is 13.2. The first kappa shape index (κ1) is 28.5. The van der Waals surface area contributed by atoms with Gasteiger partial charge in [-0.15, -0.1) is 0 Å². The Morgan fingerprint density at radius 1 is 1.10 bits per heavy atom. The fourth-order valence-corrected chi connectivity index (χ4v) is 4.89. The molecule has 2 amide bonds. The second-order valence-electron chi connectivity index (χ2n) is 9.50. The zero-order valence-electron chi connectivity index (χ0n) is 22.6. The quantitative estimate of drug-likeness (QED) is 0.212. The number of aromatic nitrogens is 3. The minimum atomic E-state index is -0.833. The van der Waals surface area contributed by atoms with Crippen molar-refractivity contribution in [1.82, 2.24) is 19.9 Å². The van der Waals surface area contributed by atoms with Crippen molar-refractivity contribution in [3.8, 4) is 5.75 Å². The molecule has 0 unspecified atom stereocenters. The highest BCUT2D eigenvalue weighted by Crippen LogP contribution is 2.32.